The van der Waals surface area contributed by atoms with E-state index in [2.05, 4.69) is 37.9 Å². The molecule has 0 aliphatic heterocycles. The standard InChI is InChI=1S/C17H34N2O2/c1-6-18-17(16(20)21)10-7-8-15(17)9-11-19(14(4)5)12-13(2)3/h13-15,18H,6-12H2,1-5H3,(H,20,21). The summed E-state index contributed by atoms with van der Waals surface area (Å²) >= 11 is 0. The monoisotopic (exact) mass is 298 g/mol. The van der Waals surface area contributed by atoms with Crippen molar-refractivity contribution in [3.05, 3.63) is 0 Å². The summed E-state index contributed by atoms with van der Waals surface area (Å²) in [7, 11) is 0. The maximum absolute atomic E-state index is 11.8. The first-order valence-corrected chi connectivity index (χ1v) is 8.56. The molecule has 4 nitrogen and oxygen atoms in total. The molecule has 2 atom stereocenters. The van der Waals surface area contributed by atoms with Crippen molar-refractivity contribution in [2.45, 2.75) is 71.9 Å². The van der Waals surface area contributed by atoms with E-state index in [9.17, 15) is 9.90 Å². The predicted octanol–water partition coefficient (Wildman–Crippen LogP) is 2.98. The highest BCUT2D eigenvalue weighted by atomic mass is 16.4. The minimum atomic E-state index is -0.685. The first kappa shape index (κ1) is 18.4. The summed E-state index contributed by atoms with van der Waals surface area (Å²) in [5.41, 5.74) is -0.685. The molecular formula is C17H34N2O2. The largest absolute Gasteiger partial charge is 0.480 e. The summed E-state index contributed by atoms with van der Waals surface area (Å²) in [4.78, 5) is 14.3. The van der Waals surface area contributed by atoms with Crippen LogP contribution < -0.4 is 5.32 Å². The van der Waals surface area contributed by atoms with Gasteiger partial charge < -0.3 is 15.3 Å². The maximum Gasteiger partial charge on any atom is 0.324 e. The van der Waals surface area contributed by atoms with Gasteiger partial charge in [-0.15, -0.1) is 0 Å². The molecule has 0 aromatic heterocycles. The van der Waals surface area contributed by atoms with Gasteiger partial charge in [-0.3, -0.25) is 4.79 Å². The summed E-state index contributed by atoms with van der Waals surface area (Å²) in [6.45, 7) is 13.8. The molecule has 0 aromatic carbocycles. The van der Waals surface area contributed by atoms with E-state index >= 15 is 0 Å². The van der Waals surface area contributed by atoms with Gasteiger partial charge in [0, 0.05) is 12.6 Å². The molecule has 1 saturated carbocycles. The fourth-order valence-corrected chi connectivity index (χ4v) is 3.72. The van der Waals surface area contributed by atoms with Gasteiger partial charge in [-0.05, 0) is 58.0 Å². The molecule has 124 valence electrons. The number of carbonyl (C=O) groups is 1. The van der Waals surface area contributed by atoms with E-state index in [-0.39, 0.29) is 5.92 Å². The Labute approximate surface area is 130 Å². The number of nitrogens with zero attached hydrogens (tertiary/aromatic N) is 1. The van der Waals surface area contributed by atoms with E-state index in [1.165, 1.54) is 0 Å². The highest BCUT2D eigenvalue weighted by Crippen LogP contribution is 2.38. The molecule has 2 N–H and O–H groups in total. The molecule has 0 aromatic rings. The van der Waals surface area contributed by atoms with Crippen LogP contribution >= 0.6 is 0 Å². The van der Waals surface area contributed by atoms with Gasteiger partial charge in [0.25, 0.3) is 0 Å². The van der Waals surface area contributed by atoms with Crippen molar-refractivity contribution in [3.8, 4) is 0 Å². The summed E-state index contributed by atoms with van der Waals surface area (Å²) in [6.07, 6.45) is 3.81. The van der Waals surface area contributed by atoms with Crippen molar-refractivity contribution in [2.75, 3.05) is 19.6 Å². The Kier molecular flexibility index (Phi) is 7.14. The summed E-state index contributed by atoms with van der Waals surface area (Å²) in [6, 6.07) is 0.521. The Bertz CT molecular complexity index is 331. The first-order chi connectivity index (χ1) is 9.83. The fourth-order valence-electron chi connectivity index (χ4n) is 3.72. The van der Waals surface area contributed by atoms with Gasteiger partial charge in [-0.2, -0.15) is 0 Å². The Balaban J connectivity index is 2.68. The van der Waals surface area contributed by atoms with Crippen molar-refractivity contribution in [3.63, 3.8) is 0 Å². The molecule has 0 spiro atoms. The van der Waals surface area contributed by atoms with Gasteiger partial charge in [0.2, 0.25) is 0 Å². The Hall–Kier alpha value is -0.610. The molecule has 0 amide bonds. The molecule has 1 aliphatic rings. The van der Waals surface area contributed by atoms with Crippen molar-refractivity contribution >= 4 is 5.97 Å². The lowest BCUT2D eigenvalue weighted by molar-refractivity contribution is -0.146. The average Bonchev–Trinajstić information content (AvgIpc) is 2.78. The lowest BCUT2D eigenvalue weighted by Crippen LogP contribution is -2.55. The number of carboxylic acids is 1. The van der Waals surface area contributed by atoms with Crippen LogP contribution in [0, 0.1) is 11.8 Å². The molecule has 0 heterocycles. The van der Waals surface area contributed by atoms with Crippen molar-refractivity contribution in [1.29, 1.82) is 0 Å². The van der Waals surface area contributed by atoms with Crippen LogP contribution in [0.3, 0.4) is 0 Å². The van der Waals surface area contributed by atoms with Gasteiger partial charge in [0.15, 0.2) is 0 Å². The van der Waals surface area contributed by atoms with E-state index in [1.54, 1.807) is 0 Å². The van der Waals surface area contributed by atoms with Crippen LogP contribution in [0.2, 0.25) is 0 Å². The summed E-state index contributed by atoms with van der Waals surface area (Å²) in [5, 5.41) is 13.0. The minimum Gasteiger partial charge on any atom is -0.480 e. The number of likely N-dealkylation sites (N-methyl/N-ethyl adjacent to an activating group) is 1. The van der Waals surface area contributed by atoms with Crippen molar-refractivity contribution < 1.29 is 9.90 Å². The third-order valence-corrected chi connectivity index (χ3v) is 4.79. The third kappa shape index (κ3) is 4.68. The summed E-state index contributed by atoms with van der Waals surface area (Å²) < 4.78 is 0. The number of hydrogen-bond acceptors (Lipinski definition) is 3. The Morgan fingerprint density at radius 1 is 1.38 bits per heavy atom. The maximum atomic E-state index is 11.8. The normalized spacial score (nSPS) is 26.2. The molecule has 1 aliphatic carbocycles. The van der Waals surface area contributed by atoms with Gasteiger partial charge in [0.1, 0.15) is 5.54 Å². The lowest BCUT2D eigenvalue weighted by Gasteiger charge is -2.35. The topological polar surface area (TPSA) is 52.6 Å². The Morgan fingerprint density at radius 2 is 2.05 bits per heavy atom. The van der Waals surface area contributed by atoms with Crippen LogP contribution in [0.5, 0.6) is 0 Å². The molecule has 0 bridgehead atoms. The molecule has 1 fully saturated rings. The zero-order valence-corrected chi connectivity index (χ0v) is 14.5. The predicted molar refractivity (Wildman–Crippen MR) is 87.5 cm³/mol. The van der Waals surface area contributed by atoms with E-state index in [0.29, 0.717) is 12.0 Å². The third-order valence-electron chi connectivity index (χ3n) is 4.79. The van der Waals surface area contributed by atoms with E-state index < -0.39 is 11.5 Å². The van der Waals surface area contributed by atoms with E-state index in [1.807, 2.05) is 6.92 Å². The molecule has 4 heteroatoms. The quantitative estimate of drug-likeness (QED) is 0.687. The van der Waals surface area contributed by atoms with Crippen LogP contribution in [-0.2, 0) is 4.79 Å². The average molecular weight is 298 g/mol. The van der Waals surface area contributed by atoms with Gasteiger partial charge in [-0.25, -0.2) is 0 Å². The second-order valence-corrected chi connectivity index (χ2v) is 7.17. The van der Waals surface area contributed by atoms with Crippen LogP contribution in [0.4, 0.5) is 0 Å². The molecule has 0 radical (unpaired) electrons. The highest BCUT2D eigenvalue weighted by molar-refractivity contribution is 5.79. The number of nitrogens with one attached hydrogen (secondary N) is 1. The van der Waals surface area contributed by atoms with E-state index in [0.717, 1.165) is 45.3 Å². The number of aliphatic carboxylic acids is 1. The molecule has 1 rings (SSSR count). The zero-order chi connectivity index (χ0) is 16.0. The molecular weight excluding hydrogens is 264 g/mol. The van der Waals surface area contributed by atoms with Crippen molar-refractivity contribution in [2.24, 2.45) is 11.8 Å². The Morgan fingerprint density at radius 3 is 2.52 bits per heavy atom. The lowest BCUT2D eigenvalue weighted by atomic mass is 9.84. The number of hydrogen-bond donors (Lipinski definition) is 2. The summed E-state index contributed by atoms with van der Waals surface area (Å²) in [5.74, 6) is 0.240. The van der Waals surface area contributed by atoms with Gasteiger partial charge in [0.05, 0.1) is 0 Å². The number of rotatable bonds is 9. The second-order valence-electron chi connectivity index (χ2n) is 7.17. The van der Waals surface area contributed by atoms with Crippen LogP contribution in [0.15, 0.2) is 0 Å². The van der Waals surface area contributed by atoms with Crippen LogP contribution in [0.25, 0.3) is 0 Å². The first-order valence-electron chi connectivity index (χ1n) is 8.56. The number of carboxylic acid groups (broad SMARTS) is 1. The zero-order valence-electron chi connectivity index (χ0n) is 14.5. The van der Waals surface area contributed by atoms with Crippen LogP contribution in [-0.4, -0.2) is 47.2 Å². The SMILES string of the molecule is CCNC1(C(=O)O)CCCC1CCN(CC(C)C)C(C)C. The van der Waals surface area contributed by atoms with Crippen LogP contribution in [0.1, 0.15) is 60.3 Å². The highest BCUT2D eigenvalue weighted by Gasteiger charge is 2.48. The molecule has 21 heavy (non-hydrogen) atoms. The second kappa shape index (κ2) is 8.14. The van der Waals surface area contributed by atoms with Gasteiger partial charge >= 0.3 is 5.97 Å². The fraction of sp³-hybridized carbons (Fsp3) is 0.941. The van der Waals surface area contributed by atoms with Crippen molar-refractivity contribution in [1.82, 2.24) is 10.2 Å². The van der Waals surface area contributed by atoms with E-state index in [4.69, 9.17) is 0 Å². The molecule has 0 saturated heterocycles. The minimum absolute atomic E-state index is 0.253. The van der Waals surface area contributed by atoms with Gasteiger partial charge in [-0.1, -0.05) is 27.2 Å². The molecule has 2 unspecified atom stereocenters. The smallest absolute Gasteiger partial charge is 0.324 e.